The van der Waals surface area contributed by atoms with E-state index in [4.69, 9.17) is 0 Å². The molecule has 0 aliphatic rings. The molecule has 0 aliphatic carbocycles. The number of nitrogens with zero attached hydrogens (tertiary/aromatic N) is 4. The Morgan fingerprint density at radius 3 is 2.79 bits per heavy atom. The zero-order valence-corrected chi connectivity index (χ0v) is 13.4. The molecule has 0 aliphatic heterocycles. The highest BCUT2D eigenvalue weighted by Crippen LogP contribution is 2.10. The summed E-state index contributed by atoms with van der Waals surface area (Å²) in [7, 11) is 0. The van der Waals surface area contributed by atoms with Crippen LogP contribution in [-0.2, 0) is 17.8 Å². The quantitative estimate of drug-likeness (QED) is 0.721. The molecule has 24 heavy (non-hydrogen) atoms. The molecule has 0 bridgehead atoms. The minimum absolute atomic E-state index is 0.235. The van der Waals surface area contributed by atoms with Crippen LogP contribution in [0.3, 0.4) is 0 Å². The minimum Gasteiger partial charge on any atom is -0.354 e. The Bertz CT molecular complexity index is 887. The van der Waals surface area contributed by atoms with E-state index in [1.807, 2.05) is 5.38 Å². The van der Waals surface area contributed by atoms with Crippen LogP contribution in [0, 0.1) is 5.82 Å². The standard InChI is InChI=1S/C15H14FN5O2S/c16-12-5-2-1-4-11(12)7-8-17-13(22)10-20-15(23)21(19-18-20)14-6-3-9-24-14/h1-6,9H,7-8,10H2,(H,17,22). The summed E-state index contributed by atoms with van der Waals surface area (Å²) in [5.74, 6) is -0.687. The van der Waals surface area contributed by atoms with E-state index in [9.17, 15) is 14.0 Å². The molecule has 1 N–H and O–H groups in total. The van der Waals surface area contributed by atoms with Crippen LogP contribution >= 0.6 is 11.3 Å². The second-order valence-electron chi connectivity index (χ2n) is 4.97. The fraction of sp³-hybridized carbons (Fsp3) is 0.200. The number of rotatable bonds is 6. The maximum absolute atomic E-state index is 13.5. The van der Waals surface area contributed by atoms with Crippen molar-refractivity contribution in [2.75, 3.05) is 6.54 Å². The lowest BCUT2D eigenvalue weighted by molar-refractivity contribution is -0.121. The fourth-order valence-corrected chi connectivity index (χ4v) is 2.80. The van der Waals surface area contributed by atoms with Crippen LogP contribution in [0.15, 0.2) is 46.6 Å². The van der Waals surface area contributed by atoms with E-state index >= 15 is 0 Å². The third-order valence-electron chi connectivity index (χ3n) is 3.32. The van der Waals surface area contributed by atoms with E-state index in [2.05, 4.69) is 15.7 Å². The Hall–Kier alpha value is -2.81. The summed E-state index contributed by atoms with van der Waals surface area (Å²) in [5.41, 5.74) is 0.0420. The van der Waals surface area contributed by atoms with E-state index in [1.165, 1.54) is 17.4 Å². The topological polar surface area (TPSA) is 81.8 Å². The van der Waals surface area contributed by atoms with Gasteiger partial charge >= 0.3 is 5.69 Å². The normalized spacial score (nSPS) is 10.7. The van der Waals surface area contributed by atoms with Crippen molar-refractivity contribution < 1.29 is 9.18 Å². The summed E-state index contributed by atoms with van der Waals surface area (Å²) >= 11 is 1.35. The number of hydrogen-bond acceptors (Lipinski definition) is 5. The molecule has 7 nitrogen and oxygen atoms in total. The SMILES string of the molecule is O=C(Cn1nnn(-c2cccs2)c1=O)NCCc1ccccc1F. The summed E-state index contributed by atoms with van der Waals surface area (Å²) in [6, 6.07) is 9.92. The molecule has 3 rings (SSSR count). The molecule has 0 fully saturated rings. The first kappa shape index (κ1) is 16.1. The number of aromatic nitrogens is 4. The summed E-state index contributed by atoms with van der Waals surface area (Å²) in [6.45, 7) is 0.0368. The van der Waals surface area contributed by atoms with E-state index < -0.39 is 5.69 Å². The van der Waals surface area contributed by atoms with Gasteiger partial charge in [-0.3, -0.25) is 4.79 Å². The Morgan fingerprint density at radius 2 is 2.04 bits per heavy atom. The number of halogens is 1. The van der Waals surface area contributed by atoms with Crippen molar-refractivity contribution in [3.63, 3.8) is 0 Å². The number of thiophene rings is 1. The Labute approximate surface area is 140 Å². The monoisotopic (exact) mass is 347 g/mol. The maximum atomic E-state index is 13.5. The number of hydrogen-bond donors (Lipinski definition) is 1. The first-order valence-electron chi connectivity index (χ1n) is 7.22. The predicted molar refractivity (Wildman–Crippen MR) is 86.6 cm³/mol. The molecule has 0 radical (unpaired) electrons. The van der Waals surface area contributed by atoms with E-state index in [0.29, 0.717) is 17.0 Å². The van der Waals surface area contributed by atoms with E-state index in [-0.39, 0.29) is 24.8 Å². The molecule has 124 valence electrons. The van der Waals surface area contributed by atoms with Gasteiger partial charge in [0.05, 0.1) is 0 Å². The molecule has 1 amide bonds. The Balaban J connectivity index is 1.56. The van der Waals surface area contributed by atoms with E-state index in [1.54, 1.807) is 30.3 Å². The first-order valence-corrected chi connectivity index (χ1v) is 8.10. The lowest BCUT2D eigenvalue weighted by Crippen LogP contribution is -2.34. The van der Waals surface area contributed by atoms with Crippen molar-refractivity contribution in [3.8, 4) is 5.00 Å². The van der Waals surface area contributed by atoms with Crippen LogP contribution < -0.4 is 11.0 Å². The van der Waals surface area contributed by atoms with Gasteiger partial charge in [0, 0.05) is 6.54 Å². The number of tetrazole rings is 1. The van der Waals surface area contributed by atoms with Gasteiger partial charge in [-0.25, -0.2) is 9.18 Å². The van der Waals surface area contributed by atoms with Gasteiger partial charge in [-0.1, -0.05) is 18.2 Å². The van der Waals surface area contributed by atoms with Crippen molar-refractivity contribution in [2.24, 2.45) is 0 Å². The fourth-order valence-electron chi connectivity index (χ4n) is 2.13. The molecular formula is C15H14FN5O2S. The summed E-state index contributed by atoms with van der Waals surface area (Å²) in [6.07, 6.45) is 0.370. The average Bonchev–Trinajstić information content (AvgIpc) is 3.20. The first-order chi connectivity index (χ1) is 11.6. The molecule has 0 unspecified atom stereocenters. The van der Waals surface area contributed by atoms with Gasteiger partial charge in [0.1, 0.15) is 17.4 Å². The second kappa shape index (κ2) is 7.18. The average molecular weight is 347 g/mol. The molecule has 0 saturated heterocycles. The molecule has 0 spiro atoms. The molecule has 3 aromatic rings. The third-order valence-corrected chi connectivity index (χ3v) is 4.17. The van der Waals surface area contributed by atoms with Gasteiger partial charge < -0.3 is 5.32 Å². The number of benzene rings is 1. The molecule has 9 heteroatoms. The van der Waals surface area contributed by atoms with Gasteiger partial charge in [0.25, 0.3) is 0 Å². The summed E-state index contributed by atoms with van der Waals surface area (Å²) < 4.78 is 15.6. The summed E-state index contributed by atoms with van der Waals surface area (Å²) in [4.78, 5) is 24.0. The van der Waals surface area contributed by atoms with E-state index in [0.717, 1.165) is 9.36 Å². The second-order valence-corrected chi connectivity index (χ2v) is 5.90. The van der Waals surface area contributed by atoms with Crippen LogP contribution in [0.1, 0.15) is 5.56 Å². The molecule has 0 saturated carbocycles. The maximum Gasteiger partial charge on any atom is 0.369 e. The minimum atomic E-state index is -0.485. The van der Waals surface area contributed by atoms with Gasteiger partial charge in [0.2, 0.25) is 5.91 Å². The largest absolute Gasteiger partial charge is 0.369 e. The van der Waals surface area contributed by atoms with Gasteiger partial charge in [-0.2, -0.15) is 9.36 Å². The van der Waals surface area contributed by atoms with Crippen molar-refractivity contribution in [3.05, 3.63) is 63.6 Å². The van der Waals surface area contributed by atoms with Gasteiger partial charge in [-0.05, 0) is 46.0 Å². The molecule has 2 heterocycles. The lowest BCUT2D eigenvalue weighted by atomic mass is 10.1. The van der Waals surface area contributed by atoms with Crippen LogP contribution in [0.5, 0.6) is 0 Å². The van der Waals surface area contributed by atoms with Crippen LogP contribution in [-0.4, -0.2) is 32.2 Å². The zero-order chi connectivity index (χ0) is 16.9. The lowest BCUT2D eigenvalue weighted by Gasteiger charge is -2.05. The number of carbonyl (C=O) groups excluding carboxylic acids is 1. The van der Waals surface area contributed by atoms with Gasteiger partial charge in [0.15, 0.2) is 0 Å². The summed E-state index contributed by atoms with van der Waals surface area (Å²) in [5, 5.41) is 12.5. The number of carbonyl (C=O) groups is 1. The molecule has 0 atom stereocenters. The van der Waals surface area contributed by atoms with Crippen LogP contribution in [0.25, 0.3) is 5.00 Å². The van der Waals surface area contributed by atoms with Crippen LogP contribution in [0.4, 0.5) is 4.39 Å². The van der Waals surface area contributed by atoms with Crippen molar-refractivity contribution in [1.29, 1.82) is 0 Å². The Kier molecular flexibility index (Phi) is 4.80. The molecular weight excluding hydrogens is 333 g/mol. The number of amides is 1. The van der Waals surface area contributed by atoms with Crippen molar-refractivity contribution >= 4 is 17.2 Å². The zero-order valence-electron chi connectivity index (χ0n) is 12.6. The molecule has 1 aromatic carbocycles. The smallest absolute Gasteiger partial charge is 0.354 e. The third kappa shape index (κ3) is 3.57. The van der Waals surface area contributed by atoms with Crippen molar-refractivity contribution in [1.82, 2.24) is 25.1 Å². The molecule has 2 aromatic heterocycles. The predicted octanol–water partition coefficient (Wildman–Crippen LogP) is 0.988. The highest BCUT2D eigenvalue weighted by atomic mass is 32.1. The van der Waals surface area contributed by atoms with Crippen molar-refractivity contribution in [2.45, 2.75) is 13.0 Å². The highest BCUT2D eigenvalue weighted by molar-refractivity contribution is 7.12. The van der Waals surface area contributed by atoms with Gasteiger partial charge in [-0.15, -0.1) is 11.3 Å². The van der Waals surface area contributed by atoms with Crippen LogP contribution in [0.2, 0.25) is 0 Å². The number of nitrogens with one attached hydrogen (secondary N) is 1. The highest BCUT2D eigenvalue weighted by Gasteiger charge is 2.12. The Morgan fingerprint density at radius 1 is 1.21 bits per heavy atom.